The van der Waals surface area contributed by atoms with Gasteiger partial charge in [0.1, 0.15) is 0 Å². The van der Waals surface area contributed by atoms with Crippen LogP contribution in [0.25, 0.3) is 0 Å². The summed E-state index contributed by atoms with van der Waals surface area (Å²) in [7, 11) is 1.91. The van der Waals surface area contributed by atoms with Gasteiger partial charge >= 0.3 is 0 Å². The molecular weight excluding hydrogens is 224 g/mol. The van der Waals surface area contributed by atoms with Crippen molar-refractivity contribution in [3.05, 3.63) is 0 Å². The van der Waals surface area contributed by atoms with Gasteiger partial charge in [-0.05, 0) is 45.1 Å². The molecule has 2 nitrogen and oxygen atoms in total. The Morgan fingerprint density at radius 2 is 2.18 bits per heavy atom. The average molecular weight is 247 g/mol. The van der Waals surface area contributed by atoms with Crippen molar-refractivity contribution in [2.24, 2.45) is 5.92 Å². The maximum Gasteiger partial charge on any atom is 0.248 e. The third kappa shape index (κ3) is 3.62. The second kappa shape index (κ2) is 5.61. The van der Waals surface area contributed by atoms with Crippen LogP contribution in [-0.4, -0.2) is 31.7 Å². The number of alkyl halides is 2. The summed E-state index contributed by atoms with van der Waals surface area (Å²) in [5.74, 6) is -2.28. The summed E-state index contributed by atoms with van der Waals surface area (Å²) in [4.78, 5) is 0. The van der Waals surface area contributed by atoms with Crippen LogP contribution < -0.4 is 5.32 Å². The number of rotatable bonds is 4. The molecule has 0 amide bonds. The SMILES string of the molecule is CNC(CC1CCCC(F)(F)C1)C1CCCO1. The van der Waals surface area contributed by atoms with Crippen molar-refractivity contribution in [1.29, 1.82) is 0 Å². The number of nitrogens with one attached hydrogen (secondary N) is 1. The molecule has 0 bridgehead atoms. The van der Waals surface area contributed by atoms with E-state index in [9.17, 15) is 8.78 Å². The standard InChI is InChI=1S/C13H23F2NO/c1-16-11(12-5-3-7-17-12)8-10-4-2-6-13(14,15)9-10/h10-12,16H,2-9H2,1H3. The molecular formula is C13H23F2NO. The minimum atomic E-state index is -2.43. The summed E-state index contributed by atoms with van der Waals surface area (Å²) in [6.07, 6.45) is 4.98. The molecule has 1 N–H and O–H groups in total. The molecule has 3 unspecified atom stereocenters. The highest BCUT2D eigenvalue weighted by molar-refractivity contribution is 4.86. The Morgan fingerprint density at radius 3 is 2.76 bits per heavy atom. The number of halogens is 2. The van der Waals surface area contributed by atoms with Crippen LogP contribution in [0.15, 0.2) is 0 Å². The molecule has 1 saturated carbocycles. The largest absolute Gasteiger partial charge is 0.377 e. The summed E-state index contributed by atoms with van der Waals surface area (Å²) >= 11 is 0. The Hall–Kier alpha value is -0.220. The molecule has 4 heteroatoms. The molecule has 2 fully saturated rings. The van der Waals surface area contributed by atoms with Crippen molar-refractivity contribution in [1.82, 2.24) is 5.32 Å². The van der Waals surface area contributed by atoms with Crippen molar-refractivity contribution >= 4 is 0 Å². The minimum Gasteiger partial charge on any atom is -0.377 e. The Labute approximate surface area is 102 Å². The lowest BCUT2D eigenvalue weighted by Crippen LogP contribution is -2.40. The molecule has 0 aromatic rings. The van der Waals surface area contributed by atoms with Crippen molar-refractivity contribution in [2.45, 2.75) is 63.0 Å². The summed E-state index contributed by atoms with van der Waals surface area (Å²) in [6, 6.07) is 0.247. The first-order chi connectivity index (χ1) is 8.11. The van der Waals surface area contributed by atoms with E-state index in [2.05, 4.69) is 5.32 Å². The molecule has 0 aromatic heterocycles. The molecule has 0 spiro atoms. The second-order valence-corrected chi connectivity index (χ2v) is 5.50. The first-order valence-electron chi connectivity index (χ1n) is 6.77. The molecule has 3 atom stereocenters. The molecule has 2 rings (SSSR count). The fourth-order valence-corrected chi connectivity index (χ4v) is 3.21. The highest BCUT2D eigenvalue weighted by Gasteiger charge is 2.38. The maximum atomic E-state index is 13.3. The van der Waals surface area contributed by atoms with Crippen LogP contribution in [0.4, 0.5) is 8.78 Å². The van der Waals surface area contributed by atoms with Crippen LogP contribution in [0.2, 0.25) is 0 Å². The lowest BCUT2D eigenvalue weighted by Gasteiger charge is -2.33. The zero-order valence-electron chi connectivity index (χ0n) is 10.6. The minimum absolute atomic E-state index is 0.0674. The van der Waals surface area contributed by atoms with Crippen molar-refractivity contribution < 1.29 is 13.5 Å². The Morgan fingerprint density at radius 1 is 1.35 bits per heavy atom. The molecule has 17 heavy (non-hydrogen) atoms. The monoisotopic (exact) mass is 247 g/mol. The first kappa shape index (κ1) is 13.2. The first-order valence-corrected chi connectivity index (χ1v) is 6.77. The van der Waals surface area contributed by atoms with Gasteiger partial charge in [0.2, 0.25) is 5.92 Å². The zero-order chi connectivity index (χ0) is 12.3. The third-order valence-corrected chi connectivity index (χ3v) is 4.11. The lowest BCUT2D eigenvalue weighted by atomic mass is 9.81. The fraction of sp³-hybridized carbons (Fsp3) is 1.00. The topological polar surface area (TPSA) is 21.3 Å². The van der Waals surface area contributed by atoms with Crippen LogP contribution in [0.1, 0.15) is 44.9 Å². The maximum absolute atomic E-state index is 13.3. The molecule has 0 radical (unpaired) electrons. The quantitative estimate of drug-likeness (QED) is 0.824. The van der Waals surface area contributed by atoms with Crippen molar-refractivity contribution in [3.63, 3.8) is 0 Å². The summed E-state index contributed by atoms with van der Waals surface area (Å²) in [5.41, 5.74) is 0. The number of ether oxygens (including phenoxy) is 1. The Kier molecular flexibility index (Phi) is 4.36. The van der Waals surface area contributed by atoms with E-state index in [1.165, 1.54) is 0 Å². The van der Waals surface area contributed by atoms with E-state index in [4.69, 9.17) is 4.74 Å². The van der Waals surface area contributed by atoms with Crippen LogP contribution in [0.3, 0.4) is 0 Å². The average Bonchev–Trinajstić information content (AvgIpc) is 2.78. The van der Waals surface area contributed by atoms with Gasteiger partial charge in [0.25, 0.3) is 0 Å². The molecule has 2 aliphatic rings. The molecule has 1 aliphatic carbocycles. The summed E-state index contributed by atoms with van der Waals surface area (Å²) in [5, 5.41) is 3.25. The summed E-state index contributed by atoms with van der Waals surface area (Å²) in [6.45, 7) is 0.823. The predicted molar refractivity (Wildman–Crippen MR) is 63.3 cm³/mol. The van der Waals surface area contributed by atoms with Gasteiger partial charge in [-0.2, -0.15) is 0 Å². The van der Waals surface area contributed by atoms with Gasteiger partial charge in [-0.1, -0.05) is 0 Å². The number of likely N-dealkylation sites (N-methyl/N-ethyl adjacent to an activating group) is 1. The molecule has 1 heterocycles. The number of hydrogen-bond donors (Lipinski definition) is 1. The van der Waals surface area contributed by atoms with E-state index < -0.39 is 5.92 Å². The van der Waals surface area contributed by atoms with Crippen molar-refractivity contribution in [2.75, 3.05) is 13.7 Å². The van der Waals surface area contributed by atoms with Gasteiger partial charge in [0, 0.05) is 25.5 Å². The van der Waals surface area contributed by atoms with E-state index >= 15 is 0 Å². The van der Waals surface area contributed by atoms with Crippen LogP contribution in [-0.2, 0) is 4.74 Å². The van der Waals surface area contributed by atoms with Gasteiger partial charge < -0.3 is 10.1 Å². The highest BCUT2D eigenvalue weighted by Crippen LogP contribution is 2.39. The highest BCUT2D eigenvalue weighted by atomic mass is 19.3. The molecule has 100 valence electrons. The van der Waals surface area contributed by atoms with Crippen molar-refractivity contribution in [3.8, 4) is 0 Å². The van der Waals surface area contributed by atoms with Crippen LogP contribution in [0, 0.1) is 5.92 Å². The van der Waals surface area contributed by atoms with E-state index in [0.717, 1.165) is 32.3 Å². The predicted octanol–water partition coefficient (Wildman–Crippen LogP) is 2.97. The molecule has 1 saturated heterocycles. The van der Waals surface area contributed by atoms with Gasteiger partial charge in [-0.15, -0.1) is 0 Å². The smallest absolute Gasteiger partial charge is 0.248 e. The second-order valence-electron chi connectivity index (χ2n) is 5.50. The van der Waals surface area contributed by atoms with E-state index in [1.54, 1.807) is 0 Å². The van der Waals surface area contributed by atoms with Crippen LogP contribution >= 0.6 is 0 Å². The Balaban J connectivity index is 1.85. The third-order valence-electron chi connectivity index (χ3n) is 4.11. The van der Waals surface area contributed by atoms with Gasteiger partial charge in [-0.3, -0.25) is 0 Å². The summed E-state index contributed by atoms with van der Waals surface area (Å²) < 4.78 is 32.3. The van der Waals surface area contributed by atoms with Gasteiger partial charge in [-0.25, -0.2) is 8.78 Å². The molecule has 0 aromatic carbocycles. The van der Waals surface area contributed by atoms with Gasteiger partial charge in [0.05, 0.1) is 6.10 Å². The number of hydrogen-bond acceptors (Lipinski definition) is 2. The van der Waals surface area contributed by atoms with E-state index in [1.807, 2.05) is 7.05 Å². The molecule has 1 aliphatic heterocycles. The van der Waals surface area contributed by atoms with Crippen LogP contribution in [0.5, 0.6) is 0 Å². The fourth-order valence-electron chi connectivity index (χ4n) is 3.21. The van der Waals surface area contributed by atoms with E-state index in [-0.39, 0.29) is 30.9 Å². The lowest BCUT2D eigenvalue weighted by molar-refractivity contribution is -0.0573. The van der Waals surface area contributed by atoms with Gasteiger partial charge in [0.15, 0.2) is 0 Å². The Bertz CT molecular complexity index is 242. The zero-order valence-corrected chi connectivity index (χ0v) is 10.6. The normalized spacial score (nSPS) is 34.8. The van der Waals surface area contributed by atoms with E-state index in [0.29, 0.717) is 6.42 Å².